The van der Waals surface area contributed by atoms with Gasteiger partial charge in [0, 0.05) is 13.6 Å². The van der Waals surface area contributed by atoms with E-state index in [4.69, 9.17) is 0 Å². The Bertz CT molecular complexity index is 425. The van der Waals surface area contributed by atoms with E-state index in [-0.39, 0.29) is 11.9 Å². The monoisotopic (exact) mass is 260 g/mol. The third-order valence-corrected chi connectivity index (χ3v) is 3.80. The van der Waals surface area contributed by atoms with Gasteiger partial charge in [-0.05, 0) is 38.3 Å². The van der Waals surface area contributed by atoms with Gasteiger partial charge in [0.05, 0.1) is 6.04 Å². The zero-order valence-electron chi connectivity index (χ0n) is 12.0. The summed E-state index contributed by atoms with van der Waals surface area (Å²) in [5.74, 6) is 0.243. The van der Waals surface area contributed by atoms with Crippen LogP contribution in [0.25, 0.3) is 0 Å². The lowest BCUT2D eigenvalue weighted by molar-refractivity contribution is -0.132. The Balaban J connectivity index is 1.83. The molecule has 1 saturated heterocycles. The van der Waals surface area contributed by atoms with Crippen molar-refractivity contribution in [3.8, 4) is 0 Å². The first kappa shape index (κ1) is 14.1. The van der Waals surface area contributed by atoms with Gasteiger partial charge in [0.2, 0.25) is 5.91 Å². The van der Waals surface area contributed by atoms with E-state index in [0.717, 1.165) is 32.4 Å². The number of hydrogen-bond donors (Lipinski definition) is 1. The maximum absolute atomic E-state index is 12.2. The summed E-state index contributed by atoms with van der Waals surface area (Å²) in [7, 11) is 1.91. The van der Waals surface area contributed by atoms with E-state index in [2.05, 4.69) is 36.5 Å². The average molecular weight is 260 g/mol. The lowest BCUT2D eigenvalue weighted by Crippen LogP contribution is -2.47. The Morgan fingerprint density at radius 2 is 2.26 bits per heavy atom. The zero-order valence-corrected chi connectivity index (χ0v) is 12.0. The second-order valence-electron chi connectivity index (χ2n) is 5.50. The molecule has 1 fully saturated rings. The molecule has 1 amide bonds. The third kappa shape index (κ3) is 4.06. The van der Waals surface area contributed by atoms with Crippen LogP contribution in [0, 0.1) is 6.92 Å². The standard InChI is InChI=1S/C16H24N2O/c1-13-6-5-7-14(12-13)9-11-18(2)16(19)15-8-3-4-10-17-15/h5-7,12,15,17H,3-4,8-11H2,1-2H3. The SMILES string of the molecule is Cc1cccc(CCN(C)C(=O)C2CCCCN2)c1. The van der Waals surface area contributed by atoms with Gasteiger partial charge < -0.3 is 10.2 Å². The van der Waals surface area contributed by atoms with Gasteiger partial charge in [-0.3, -0.25) is 4.79 Å². The van der Waals surface area contributed by atoms with Gasteiger partial charge in [0.25, 0.3) is 0 Å². The molecular weight excluding hydrogens is 236 g/mol. The lowest BCUT2D eigenvalue weighted by Gasteiger charge is -2.27. The van der Waals surface area contributed by atoms with Crippen molar-refractivity contribution >= 4 is 5.91 Å². The smallest absolute Gasteiger partial charge is 0.239 e. The Morgan fingerprint density at radius 1 is 1.42 bits per heavy atom. The second-order valence-corrected chi connectivity index (χ2v) is 5.50. The van der Waals surface area contributed by atoms with Crippen molar-refractivity contribution in [1.82, 2.24) is 10.2 Å². The fraction of sp³-hybridized carbons (Fsp3) is 0.562. The molecule has 3 nitrogen and oxygen atoms in total. The molecule has 1 atom stereocenters. The van der Waals surface area contributed by atoms with Crippen LogP contribution < -0.4 is 5.32 Å². The van der Waals surface area contributed by atoms with Crippen LogP contribution in [0.15, 0.2) is 24.3 Å². The van der Waals surface area contributed by atoms with Crippen LogP contribution in [0.4, 0.5) is 0 Å². The summed E-state index contributed by atoms with van der Waals surface area (Å²) in [6.45, 7) is 3.87. The molecule has 1 heterocycles. The highest BCUT2D eigenvalue weighted by atomic mass is 16.2. The van der Waals surface area contributed by atoms with Gasteiger partial charge in [-0.2, -0.15) is 0 Å². The van der Waals surface area contributed by atoms with Crippen LogP contribution in [0.5, 0.6) is 0 Å². The van der Waals surface area contributed by atoms with Crippen molar-refractivity contribution in [2.45, 2.75) is 38.6 Å². The number of nitrogens with one attached hydrogen (secondary N) is 1. The van der Waals surface area contributed by atoms with Crippen LogP contribution in [0.1, 0.15) is 30.4 Å². The van der Waals surface area contributed by atoms with Crippen molar-refractivity contribution in [2.75, 3.05) is 20.1 Å². The Hall–Kier alpha value is -1.35. The molecule has 1 aromatic rings. The molecular formula is C16H24N2O. The number of hydrogen-bond acceptors (Lipinski definition) is 2. The van der Waals surface area contributed by atoms with Gasteiger partial charge in [-0.1, -0.05) is 36.2 Å². The summed E-state index contributed by atoms with van der Waals surface area (Å²) in [6.07, 6.45) is 4.26. The molecule has 19 heavy (non-hydrogen) atoms. The van der Waals surface area contributed by atoms with Crippen molar-refractivity contribution in [1.29, 1.82) is 0 Å². The van der Waals surface area contributed by atoms with E-state index >= 15 is 0 Å². The number of nitrogens with zero attached hydrogens (tertiary/aromatic N) is 1. The van der Waals surface area contributed by atoms with Gasteiger partial charge in [0.15, 0.2) is 0 Å². The van der Waals surface area contributed by atoms with Crippen LogP contribution in [-0.2, 0) is 11.2 Å². The van der Waals surface area contributed by atoms with Gasteiger partial charge in [-0.25, -0.2) is 0 Å². The molecule has 1 N–H and O–H groups in total. The summed E-state index contributed by atoms with van der Waals surface area (Å²) >= 11 is 0. The van der Waals surface area contributed by atoms with E-state index in [9.17, 15) is 4.79 Å². The van der Waals surface area contributed by atoms with E-state index in [0.29, 0.717) is 0 Å². The number of amides is 1. The van der Waals surface area contributed by atoms with Crippen LogP contribution >= 0.6 is 0 Å². The molecule has 2 rings (SSSR count). The number of piperidine rings is 1. The third-order valence-electron chi connectivity index (χ3n) is 3.80. The van der Waals surface area contributed by atoms with E-state index < -0.39 is 0 Å². The molecule has 1 aliphatic rings. The summed E-state index contributed by atoms with van der Waals surface area (Å²) in [5, 5.41) is 3.32. The number of benzene rings is 1. The Morgan fingerprint density at radius 3 is 2.95 bits per heavy atom. The Labute approximate surface area is 116 Å². The summed E-state index contributed by atoms with van der Waals surface area (Å²) < 4.78 is 0. The zero-order chi connectivity index (χ0) is 13.7. The predicted molar refractivity (Wildman–Crippen MR) is 78.2 cm³/mol. The quantitative estimate of drug-likeness (QED) is 0.899. The normalized spacial score (nSPS) is 19.2. The summed E-state index contributed by atoms with van der Waals surface area (Å²) in [6, 6.07) is 8.54. The molecule has 1 unspecified atom stereocenters. The first-order chi connectivity index (χ1) is 9.16. The minimum Gasteiger partial charge on any atom is -0.344 e. The molecule has 0 saturated carbocycles. The van der Waals surface area contributed by atoms with Gasteiger partial charge >= 0.3 is 0 Å². The van der Waals surface area contributed by atoms with Gasteiger partial charge in [-0.15, -0.1) is 0 Å². The molecule has 0 radical (unpaired) electrons. The van der Waals surface area contributed by atoms with Gasteiger partial charge in [0.1, 0.15) is 0 Å². The van der Waals surface area contributed by atoms with Crippen molar-refractivity contribution < 1.29 is 4.79 Å². The molecule has 0 spiro atoms. The lowest BCUT2D eigenvalue weighted by atomic mass is 10.0. The minimum absolute atomic E-state index is 0.0382. The molecule has 3 heteroatoms. The fourth-order valence-corrected chi connectivity index (χ4v) is 2.60. The summed E-state index contributed by atoms with van der Waals surface area (Å²) in [4.78, 5) is 14.1. The highest BCUT2D eigenvalue weighted by Gasteiger charge is 2.23. The number of aryl methyl sites for hydroxylation is 1. The molecule has 1 aliphatic heterocycles. The van der Waals surface area contributed by atoms with Crippen molar-refractivity contribution in [3.05, 3.63) is 35.4 Å². The second kappa shape index (κ2) is 6.71. The van der Waals surface area contributed by atoms with E-state index in [1.165, 1.54) is 17.5 Å². The topological polar surface area (TPSA) is 32.3 Å². The van der Waals surface area contributed by atoms with Crippen molar-refractivity contribution in [2.24, 2.45) is 0 Å². The first-order valence-corrected chi connectivity index (χ1v) is 7.21. The minimum atomic E-state index is 0.0382. The van der Waals surface area contributed by atoms with Crippen LogP contribution in [-0.4, -0.2) is 37.0 Å². The molecule has 1 aromatic carbocycles. The Kier molecular flexibility index (Phi) is 4.97. The fourth-order valence-electron chi connectivity index (χ4n) is 2.60. The molecule has 0 aromatic heterocycles. The number of carbonyl (C=O) groups is 1. The summed E-state index contributed by atoms with van der Waals surface area (Å²) in [5.41, 5.74) is 2.58. The van der Waals surface area contributed by atoms with Crippen LogP contribution in [0.2, 0.25) is 0 Å². The van der Waals surface area contributed by atoms with Crippen LogP contribution in [0.3, 0.4) is 0 Å². The average Bonchev–Trinajstić information content (AvgIpc) is 2.45. The predicted octanol–water partition coefficient (Wildman–Crippen LogP) is 2.14. The van der Waals surface area contributed by atoms with E-state index in [1.807, 2.05) is 11.9 Å². The van der Waals surface area contributed by atoms with Crippen molar-refractivity contribution in [3.63, 3.8) is 0 Å². The highest BCUT2D eigenvalue weighted by molar-refractivity contribution is 5.81. The highest BCUT2D eigenvalue weighted by Crippen LogP contribution is 2.10. The number of carbonyl (C=O) groups excluding carboxylic acids is 1. The maximum Gasteiger partial charge on any atom is 0.239 e. The largest absolute Gasteiger partial charge is 0.344 e. The number of rotatable bonds is 4. The molecule has 0 aliphatic carbocycles. The van der Waals surface area contributed by atoms with E-state index in [1.54, 1.807) is 0 Å². The molecule has 0 bridgehead atoms. The number of likely N-dealkylation sites (N-methyl/N-ethyl adjacent to an activating group) is 1. The maximum atomic E-state index is 12.2. The molecule has 104 valence electrons. The first-order valence-electron chi connectivity index (χ1n) is 7.21.